The lowest BCUT2D eigenvalue weighted by Gasteiger charge is -2.22. The van der Waals surface area contributed by atoms with Gasteiger partial charge in [0.15, 0.2) is 0 Å². The Morgan fingerprint density at radius 1 is 1.33 bits per heavy atom. The lowest BCUT2D eigenvalue weighted by Crippen LogP contribution is -2.50. The third-order valence-electron chi connectivity index (χ3n) is 3.42. The summed E-state index contributed by atoms with van der Waals surface area (Å²) in [6, 6.07) is 6.83. The molecule has 0 unspecified atom stereocenters. The second-order valence-corrected chi connectivity index (χ2v) is 5.77. The Balaban J connectivity index is 1.69. The minimum absolute atomic E-state index is 0.103. The highest BCUT2D eigenvalue weighted by molar-refractivity contribution is 7.13. The first-order valence-corrected chi connectivity index (χ1v) is 7.70. The number of rotatable bonds is 3. The lowest BCUT2D eigenvalue weighted by molar-refractivity contribution is -0.124. The predicted octanol–water partition coefficient (Wildman–Crippen LogP) is 1.82. The molecule has 0 aliphatic carbocycles. The Kier molecular flexibility index (Phi) is 3.96. The molecule has 1 aromatic heterocycles. The van der Waals surface area contributed by atoms with Gasteiger partial charge in [-0.1, -0.05) is 12.1 Å². The van der Waals surface area contributed by atoms with Gasteiger partial charge in [-0.25, -0.2) is 4.98 Å². The Bertz CT molecular complexity index is 637. The number of hydrogen-bond donors (Lipinski definition) is 2. The molecule has 21 heavy (non-hydrogen) atoms. The molecular weight excluding hydrogens is 286 g/mol. The molecule has 2 aromatic rings. The van der Waals surface area contributed by atoms with Gasteiger partial charge in [-0.3, -0.25) is 9.59 Å². The average molecular weight is 301 g/mol. The number of nitrogens with one attached hydrogen (secondary N) is 2. The maximum absolute atomic E-state index is 12.2. The largest absolute Gasteiger partial charge is 0.354 e. The molecule has 3 rings (SSSR count). The van der Waals surface area contributed by atoms with Gasteiger partial charge in [0.05, 0.1) is 0 Å². The monoisotopic (exact) mass is 301 g/mol. The smallest absolute Gasteiger partial charge is 0.251 e. The maximum atomic E-state index is 12.2. The summed E-state index contributed by atoms with van der Waals surface area (Å²) in [5.41, 5.74) is 1.53. The molecular formula is C15H15N3O2S. The fourth-order valence-corrected chi connectivity index (χ4v) is 2.93. The summed E-state index contributed by atoms with van der Waals surface area (Å²) in [6.45, 7) is 0.688. The predicted molar refractivity (Wildman–Crippen MR) is 81.0 cm³/mol. The number of benzene rings is 1. The van der Waals surface area contributed by atoms with Crippen molar-refractivity contribution < 1.29 is 9.59 Å². The van der Waals surface area contributed by atoms with Crippen LogP contribution in [0.5, 0.6) is 0 Å². The van der Waals surface area contributed by atoms with Crippen LogP contribution in [-0.4, -0.2) is 29.4 Å². The number of thiazole rings is 1. The summed E-state index contributed by atoms with van der Waals surface area (Å²) in [6.07, 6.45) is 3.33. The molecule has 0 saturated carbocycles. The molecule has 1 aliphatic heterocycles. The van der Waals surface area contributed by atoms with E-state index in [0.717, 1.165) is 17.0 Å². The molecule has 0 bridgehead atoms. The molecule has 108 valence electrons. The van der Waals surface area contributed by atoms with Crippen LogP contribution in [0.4, 0.5) is 0 Å². The molecule has 1 aromatic carbocycles. The van der Waals surface area contributed by atoms with E-state index >= 15 is 0 Å². The minimum Gasteiger partial charge on any atom is -0.354 e. The van der Waals surface area contributed by atoms with E-state index in [2.05, 4.69) is 15.6 Å². The van der Waals surface area contributed by atoms with Crippen LogP contribution >= 0.6 is 11.3 Å². The zero-order valence-corrected chi connectivity index (χ0v) is 12.2. The molecule has 0 spiro atoms. The number of nitrogens with zero attached hydrogens (tertiary/aromatic N) is 1. The first-order valence-electron chi connectivity index (χ1n) is 6.82. The zero-order valence-electron chi connectivity index (χ0n) is 11.3. The number of aromatic nitrogens is 1. The molecule has 1 saturated heterocycles. The molecule has 1 aliphatic rings. The summed E-state index contributed by atoms with van der Waals surface area (Å²) < 4.78 is 0. The molecule has 1 atom stereocenters. The SMILES string of the molecule is O=C(N[C@H]1CCCNC1=O)c1ccc(-c2nccs2)cc1. The van der Waals surface area contributed by atoms with Crippen molar-refractivity contribution in [2.24, 2.45) is 0 Å². The van der Waals surface area contributed by atoms with E-state index in [-0.39, 0.29) is 11.8 Å². The van der Waals surface area contributed by atoms with Crippen molar-refractivity contribution in [1.29, 1.82) is 0 Å². The van der Waals surface area contributed by atoms with Crippen molar-refractivity contribution in [3.63, 3.8) is 0 Å². The van der Waals surface area contributed by atoms with Crippen LogP contribution in [0.3, 0.4) is 0 Å². The normalized spacial score (nSPS) is 18.1. The quantitative estimate of drug-likeness (QED) is 0.908. The maximum Gasteiger partial charge on any atom is 0.251 e. The summed E-state index contributed by atoms with van der Waals surface area (Å²) >= 11 is 1.55. The number of carbonyl (C=O) groups is 2. The van der Waals surface area contributed by atoms with Crippen LogP contribution in [0.25, 0.3) is 10.6 Å². The van der Waals surface area contributed by atoms with Gasteiger partial charge in [0.1, 0.15) is 11.0 Å². The molecule has 2 heterocycles. The van der Waals surface area contributed by atoms with Crippen molar-refractivity contribution in [3.8, 4) is 10.6 Å². The van der Waals surface area contributed by atoms with E-state index in [9.17, 15) is 9.59 Å². The number of amides is 2. The average Bonchev–Trinajstić information content (AvgIpc) is 3.04. The van der Waals surface area contributed by atoms with Crippen LogP contribution in [0, 0.1) is 0 Å². The Morgan fingerprint density at radius 2 is 2.14 bits per heavy atom. The highest BCUT2D eigenvalue weighted by Crippen LogP contribution is 2.21. The summed E-state index contributed by atoms with van der Waals surface area (Å²) in [5, 5.41) is 8.37. The molecule has 6 heteroatoms. The fourth-order valence-electron chi connectivity index (χ4n) is 2.28. The lowest BCUT2D eigenvalue weighted by atomic mass is 10.1. The highest BCUT2D eigenvalue weighted by atomic mass is 32.1. The second-order valence-electron chi connectivity index (χ2n) is 4.87. The van der Waals surface area contributed by atoms with Crippen molar-refractivity contribution in [2.75, 3.05) is 6.54 Å². The first kappa shape index (κ1) is 13.8. The molecule has 5 nitrogen and oxygen atoms in total. The summed E-state index contributed by atoms with van der Waals surface area (Å²) in [5.74, 6) is -0.322. The Morgan fingerprint density at radius 3 is 2.81 bits per heavy atom. The van der Waals surface area contributed by atoms with E-state index in [0.29, 0.717) is 18.5 Å². The molecule has 2 amide bonds. The van der Waals surface area contributed by atoms with Crippen molar-refractivity contribution in [3.05, 3.63) is 41.4 Å². The van der Waals surface area contributed by atoms with E-state index < -0.39 is 6.04 Å². The topological polar surface area (TPSA) is 71.1 Å². The van der Waals surface area contributed by atoms with Crippen LogP contribution < -0.4 is 10.6 Å². The number of carbonyl (C=O) groups excluding carboxylic acids is 2. The van der Waals surface area contributed by atoms with Crippen LogP contribution in [0.15, 0.2) is 35.8 Å². The highest BCUT2D eigenvalue weighted by Gasteiger charge is 2.23. The Labute approximate surface area is 126 Å². The van der Waals surface area contributed by atoms with Gasteiger partial charge in [-0.2, -0.15) is 0 Å². The number of piperidine rings is 1. The summed E-state index contributed by atoms with van der Waals surface area (Å²) in [7, 11) is 0. The third kappa shape index (κ3) is 3.11. The summed E-state index contributed by atoms with van der Waals surface area (Å²) in [4.78, 5) is 28.0. The zero-order chi connectivity index (χ0) is 14.7. The van der Waals surface area contributed by atoms with Crippen LogP contribution in [-0.2, 0) is 4.79 Å². The number of hydrogen-bond acceptors (Lipinski definition) is 4. The second kappa shape index (κ2) is 6.05. The van der Waals surface area contributed by atoms with Gasteiger partial charge in [-0.15, -0.1) is 11.3 Å². The minimum atomic E-state index is -0.426. The Hall–Kier alpha value is -2.21. The van der Waals surface area contributed by atoms with Crippen LogP contribution in [0.2, 0.25) is 0 Å². The third-order valence-corrected chi connectivity index (χ3v) is 4.24. The fraction of sp³-hybridized carbons (Fsp3) is 0.267. The van der Waals surface area contributed by atoms with Gasteiger partial charge in [-0.05, 0) is 25.0 Å². The van der Waals surface area contributed by atoms with E-state index in [1.165, 1.54) is 0 Å². The van der Waals surface area contributed by atoms with Crippen molar-refractivity contribution in [2.45, 2.75) is 18.9 Å². The van der Waals surface area contributed by atoms with E-state index in [1.54, 1.807) is 29.7 Å². The first-order chi connectivity index (χ1) is 10.2. The molecule has 2 N–H and O–H groups in total. The standard InChI is InChI=1S/C15H15N3O2S/c19-13(18-12-2-1-7-16-14(12)20)10-3-5-11(6-4-10)15-17-8-9-21-15/h3-6,8-9,12H,1-2,7H2,(H,16,20)(H,18,19)/t12-/m0/s1. The van der Waals surface area contributed by atoms with Gasteiger partial charge in [0, 0.05) is 29.2 Å². The molecule has 0 radical (unpaired) electrons. The van der Waals surface area contributed by atoms with Crippen LogP contribution in [0.1, 0.15) is 23.2 Å². The van der Waals surface area contributed by atoms with E-state index in [1.807, 2.05) is 17.5 Å². The van der Waals surface area contributed by atoms with Gasteiger partial charge < -0.3 is 10.6 Å². The van der Waals surface area contributed by atoms with Gasteiger partial charge >= 0.3 is 0 Å². The van der Waals surface area contributed by atoms with Crippen molar-refractivity contribution >= 4 is 23.2 Å². The van der Waals surface area contributed by atoms with Gasteiger partial charge in [0.2, 0.25) is 5.91 Å². The van der Waals surface area contributed by atoms with E-state index in [4.69, 9.17) is 0 Å². The molecule has 1 fully saturated rings. The van der Waals surface area contributed by atoms with Crippen molar-refractivity contribution in [1.82, 2.24) is 15.6 Å². The van der Waals surface area contributed by atoms with Gasteiger partial charge in [0.25, 0.3) is 5.91 Å².